The van der Waals surface area contributed by atoms with Crippen LogP contribution >= 0.6 is 11.6 Å². The van der Waals surface area contributed by atoms with Gasteiger partial charge in [0.25, 0.3) is 0 Å². The molecule has 32 heavy (non-hydrogen) atoms. The van der Waals surface area contributed by atoms with Crippen LogP contribution in [0.2, 0.25) is 5.02 Å². The van der Waals surface area contributed by atoms with Gasteiger partial charge in [0.15, 0.2) is 12.3 Å². The maximum absolute atomic E-state index is 13.1. The average molecular weight is 471 g/mol. The first-order valence-corrected chi connectivity index (χ1v) is 12.3. The largest absolute Gasteiger partial charge is 0.618 e. The van der Waals surface area contributed by atoms with Crippen LogP contribution in [0.15, 0.2) is 71.8 Å². The van der Waals surface area contributed by atoms with Gasteiger partial charge in [-0.25, -0.2) is 8.42 Å². The lowest BCUT2D eigenvalue weighted by molar-refractivity contribution is -0.618. The van der Waals surface area contributed by atoms with Gasteiger partial charge >= 0.3 is 0 Å². The Bertz CT molecular complexity index is 1270. The first-order chi connectivity index (χ1) is 15.3. The highest BCUT2D eigenvalue weighted by molar-refractivity contribution is 7.89. The molecule has 1 aromatic heterocycles. The van der Waals surface area contributed by atoms with Crippen molar-refractivity contribution in [3.63, 3.8) is 0 Å². The molecule has 3 aromatic rings. The topological polar surface area (TPSA) is 73.5 Å². The SMILES string of the molecule is Cc1ccc(S(=O)(=O)N2CCC3(CC2)OC(c2cc(Cl)cc[n+]2[O-])c2ccccc23)cc1. The molecule has 2 aliphatic rings. The smallest absolute Gasteiger partial charge is 0.243 e. The van der Waals surface area contributed by atoms with E-state index in [4.69, 9.17) is 16.3 Å². The van der Waals surface area contributed by atoms with Gasteiger partial charge in [0.2, 0.25) is 15.7 Å². The number of nitrogens with zero attached hydrogens (tertiary/aromatic N) is 2. The Morgan fingerprint density at radius 2 is 1.78 bits per heavy atom. The number of fused-ring (bicyclic) bond motifs is 2. The first-order valence-electron chi connectivity index (χ1n) is 10.5. The Balaban J connectivity index is 1.45. The van der Waals surface area contributed by atoms with Crippen LogP contribution < -0.4 is 4.73 Å². The summed E-state index contributed by atoms with van der Waals surface area (Å²) in [6.45, 7) is 2.60. The monoisotopic (exact) mass is 470 g/mol. The van der Waals surface area contributed by atoms with Gasteiger partial charge < -0.3 is 9.94 Å². The molecule has 0 N–H and O–H groups in total. The van der Waals surface area contributed by atoms with Gasteiger partial charge in [-0.3, -0.25) is 0 Å². The molecule has 2 aromatic carbocycles. The second-order valence-corrected chi connectivity index (χ2v) is 10.8. The van der Waals surface area contributed by atoms with Crippen LogP contribution in [0.5, 0.6) is 0 Å². The number of hydrogen-bond donors (Lipinski definition) is 0. The number of sulfonamides is 1. The van der Waals surface area contributed by atoms with Gasteiger partial charge in [0.1, 0.15) is 0 Å². The summed E-state index contributed by atoms with van der Waals surface area (Å²) in [7, 11) is -3.57. The Kier molecular flexibility index (Phi) is 5.25. The maximum Gasteiger partial charge on any atom is 0.243 e. The normalized spacial score (nSPS) is 20.4. The number of piperidine rings is 1. The van der Waals surface area contributed by atoms with Crippen molar-refractivity contribution in [3.8, 4) is 0 Å². The van der Waals surface area contributed by atoms with Crippen molar-refractivity contribution >= 4 is 21.6 Å². The van der Waals surface area contributed by atoms with E-state index in [1.54, 1.807) is 24.3 Å². The third-order valence-electron chi connectivity index (χ3n) is 6.44. The minimum absolute atomic E-state index is 0.302. The second-order valence-electron chi connectivity index (χ2n) is 8.39. The van der Waals surface area contributed by atoms with E-state index < -0.39 is 21.7 Å². The molecule has 1 spiro atoms. The lowest BCUT2D eigenvalue weighted by atomic mass is 9.84. The zero-order valence-corrected chi connectivity index (χ0v) is 19.1. The van der Waals surface area contributed by atoms with Crippen molar-refractivity contribution < 1.29 is 17.9 Å². The van der Waals surface area contributed by atoms with Gasteiger partial charge in [0.05, 0.1) is 15.5 Å². The highest BCUT2D eigenvalue weighted by atomic mass is 35.5. The maximum atomic E-state index is 13.1. The number of benzene rings is 2. The van der Waals surface area contributed by atoms with Crippen LogP contribution in [0, 0.1) is 12.1 Å². The molecule has 0 bridgehead atoms. The van der Waals surface area contributed by atoms with E-state index in [2.05, 4.69) is 0 Å². The number of halogens is 1. The summed E-state index contributed by atoms with van der Waals surface area (Å²) in [6, 6.07) is 17.9. The van der Waals surface area contributed by atoms with E-state index in [-0.39, 0.29) is 0 Å². The third-order valence-corrected chi connectivity index (χ3v) is 8.59. The Morgan fingerprint density at radius 3 is 2.50 bits per heavy atom. The van der Waals surface area contributed by atoms with E-state index >= 15 is 0 Å². The Hall–Kier alpha value is -2.45. The fraction of sp³-hybridized carbons (Fsp3) is 0.292. The molecular formula is C24H23ClN2O4S. The van der Waals surface area contributed by atoms with E-state index in [9.17, 15) is 13.6 Å². The van der Waals surface area contributed by atoms with E-state index in [1.165, 1.54) is 10.5 Å². The number of pyridine rings is 1. The summed E-state index contributed by atoms with van der Waals surface area (Å²) >= 11 is 6.16. The summed E-state index contributed by atoms with van der Waals surface area (Å²) in [5.74, 6) is 0. The number of hydrogen-bond acceptors (Lipinski definition) is 4. The van der Waals surface area contributed by atoms with Gasteiger partial charge in [-0.1, -0.05) is 53.6 Å². The molecule has 166 valence electrons. The summed E-state index contributed by atoms with van der Waals surface area (Å²) in [6.07, 6.45) is 1.84. The average Bonchev–Trinajstić information content (AvgIpc) is 3.10. The molecule has 0 saturated carbocycles. The van der Waals surface area contributed by atoms with E-state index in [0.717, 1.165) is 21.4 Å². The molecule has 1 unspecified atom stereocenters. The molecule has 0 radical (unpaired) electrons. The fourth-order valence-electron chi connectivity index (χ4n) is 4.72. The minimum Gasteiger partial charge on any atom is -0.618 e. The number of rotatable bonds is 3. The van der Waals surface area contributed by atoms with Crippen LogP contribution in [-0.2, 0) is 20.4 Å². The highest BCUT2D eigenvalue weighted by Crippen LogP contribution is 2.51. The Labute approximate surface area is 192 Å². The molecule has 1 saturated heterocycles. The van der Waals surface area contributed by atoms with Gasteiger partial charge in [0, 0.05) is 25.2 Å². The molecule has 2 aliphatic heterocycles. The molecule has 8 heteroatoms. The molecule has 1 atom stereocenters. The van der Waals surface area contributed by atoms with Gasteiger partial charge in [-0.2, -0.15) is 9.04 Å². The highest BCUT2D eigenvalue weighted by Gasteiger charge is 2.50. The van der Waals surface area contributed by atoms with E-state index in [0.29, 0.717) is 41.5 Å². The first kappa shape index (κ1) is 21.4. The molecular weight excluding hydrogens is 448 g/mol. The molecule has 0 aliphatic carbocycles. The lowest BCUT2D eigenvalue weighted by Crippen LogP contribution is -2.45. The third kappa shape index (κ3) is 3.49. The zero-order valence-electron chi connectivity index (χ0n) is 17.6. The molecule has 6 nitrogen and oxygen atoms in total. The quantitative estimate of drug-likeness (QED) is 0.427. The fourth-order valence-corrected chi connectivity index (χ4v) is 6.33. The predicted molar refractivity (Wildman–Crippen MR) is 121 cm³/mol. The Morgan fingerprint density at radius 1 is 1.09 bits per heavy atom. The lowest BCUT2D eigenvalue weighted by Gasteiger charge is -2.39. The molecule has 0 amide bonds. The van der Waals surface area contributed by atoms with Crippen LogP contribution in [0.4, 0.5) is 0 Å². The van der Waals surface area contributed by atoms with E-state index in [1.807, 2.05) is 43.3 Å². The van der Waals surface area contributed by atoms with Crippen molar-refractivity contribution in [2.75, 3.05) is 13.1 Å². The molecule has 1 fully saturated rings. The van der Waals surface area contributed by atoms with Gasteiger partial charge in [-0.05, 0) is 43.0 Å². The van der Waals surface area contributed by atoms with Crippen molar-refractivity contribution in [3.05, 3.63) is 99.5 Å². The van der Waals surface area contributed by atoms with Crippen molar-refractivity contribution in [1.82, 2.24) is 4.31 Å². The number of aromatic nitrogens is 1. The molecule has 5 rings (SSSR count). The van der Waals surface area contributed by atoms with Crippen molar-refractivity contribution in [2.45, 2.75) is 36.4 Å². The molecule has 3 heterocycles. The number of ether oxygens (including phenoxy) is 1. The summed E-state index contributed by atoms with van der Waals surface area (Å²) in [5.41, 5.74) is 2.74. The number of aryl methyl sites for hydroxylation is 1. The second kappa shape index (κ2) is 7.85. The standard InChI is InChI=1S/C24H23ClN2O4S/c1-17-6-8-19(9-7-17)32(29,30)26-14-11-24(12-15-26)21-5-3-2-4-20(21)23(31-24)22-16-18(25)10-13-27(22)28/h2-10,13,16,23H,11-12,14-15H2,1H3. The van der Waals surface area contributed by atoms with Gasteiger partial charge in [-0.15, -0.1) is 0 Å². The van der Waals surface area contributed by atoms with Crippen LogP contribution in [-0.4, -0.2) is 25.8 Å². The zero-order chi connectivity index (χ0) is 22.5. The van der Waals surface area contributed by atoms with Crippen molar-refractivity contribution in [1.29, 1.82) is 0 Å². The summed E-state index contributed by atoms with van der Waals surface area (Å²) < 4.78 is 35.2. The minimum atomic E-state index is -3.57. The van der Waals surface area contributed by atoms with Crippen molar-refractivity contribution in [2.24, 2.45) is 0 Å². The predicted octanol–water partition coefficient (Wildman–Crippen LogP) is 4.08. The summed E-state index contributed by atoms with van der Waals surface area (Å²) in [4.78, 5) is 0.302. The van der Waals surface area contributed by atoms with Crippen LogP contribution in [0.3, 0.4) is 0 Å². The summed E-state index contributed by atoms with van der Waals surface area (Å²) in [5, 5.41) is 13.0. The van der Waals surface area contributed by atoms with Crippen LogP contribution in [0.25, 0.3) is 0 Å². The van der Waals surface area contributed by atoms with Crippen LogP contribution in [0.1, 0.15) is 41.3 Å².